The summed E-state index contributed by atoms with van der Waals surface area (Å²) in [5.74, 6) is 0.747. The minimum absolute atomic E-state index is 0. The van der Waals surface area contributed by atoms with Gasteiger partial charge in [0.25, 0.3) is 0 Å². The Morgan fingerprint density at radius 1 is 1.42 bits per heavy atom. The number of ether oxygens (including phenoxy) is 1. The van der Waals surface area contributed by atoms with Gasteiger partial charge in [0, 0.05) is 12.3 Å². The first-order chi connectivity index (χ1) is 8.78. The molecule has 1 amide bonds. The number of hydrogen-bond acceptors (Lipinski definition) is 3. The first-order valence-electron chi connectivity index (χ1n) is 6.39. The Balaban J connectivity index is 0.00000180. The topological polar surface area (TPSA) is 50.4 Å². The molecule has 2 N–H and O–H groups in total. The maximum absolute atomic E-state index is 11.4. The van der Waals surface area contributed by atoms with Crippen LogP contribution in [0.1, 0.15) is 18.4 Å². The van der Waals surface area contributed by atoms with Gasteiger partial charge in [-0.1, -0.05) is 12.1 Å². The van der Waals surface area contributed by atoms with Crippen LogP contribution in [0.5, 0.6) is 0 Å². The summed E-state index contributed by atoms with van der Waals surface area (Å²) in [6, 6.07) is 7.80. The number of hydrogen-bond donors (Lipinski definition) is 2. The Morgan fingerprint density at radius 3 is 2.89 bits per heavy atom. The van der Waals surface area contributed by atoms with E-state index in [1.165, 1.54) is 12.8 Å². The van der Waals surface area contributed by atoms with Crippen molar-refractivity contribution in [2.75, 3.05) is 25.5 Å². The zero-order chi connectivity index (χ0) is 12.8. The molecule has 0 radical (unpaired) electrons. The van der Waals surface area contributed by atoms with Crippen molar-refractivity contribution in [1.29, 1.82) is 0 Å². The third-order valence-electron chi connectivity index (χ3n) is 2.87. The van der Waals surface area contributed by atoms with Gasteiger partial charge < -0.3 is 15.4 Å². The van der Waals surface area contributed by atoms with Crippen LogP contribution in [0.15, 0.2) is 24.3 Å². The van der Waals surface area contributed by atoms with Crippen molar-refractivity contribution >= 4 is 24.0 Å². The number of benzene rings is 1. The molecule has 0 unspecified atom stereocenters. The van der Waals surface area contributed by atoms with Gasteiger partial charge in [-0.15, -0.1) is 12.4 Å². The molecule has 0 bridgehead atoms. The molecule has 1 aliphatic rings. The van der Waals surface area contributed by atoms with Crippen LogP contribution in [-0.2, 0) is 16.1 Å². The molecule has 2 rings (SSSR count). The van der Waals surface area contributed by atoms with E-state index in [4.69, 9.17) is 4.74 Å². The lowest BCUT2D eigenvalue weighted by Crippen LogP contribution is -2.25. The maximum atomic E-state index is 11.4. The summed E-state index contributed by atoms with van der Waals surface area (Å²) in [5.41, 5.74) is 1.92. The van der Waals surface area contributed by atoms with E-state index in [0.29, 0.717) is 13.2 Å². The standard InChI is InChI=1S/C14H20N2O2.ClH/c1-15-8-14(17)16-13-4-2-3-12(7-13)10-18-9-11-5-6-11;/h2-4,7,11,15H,5-6,8-10H2,1H3,(H,16,17);1H. The van der Waals surface area contributed by atoms with E-state index >= 15 is 0 Å². The zero-order valence-electron chi connectivity index (χ0n) is 11.1. The smallest absolute Gasteiger partial charge is 0.238 e. The molecule has 0 aromatic heterocycles. The molecule has 106 valence electrons. The molecule has 0 atom stereocenters. The van der Waals surface area contributed by atoms with Crippen LogP contribution in [-0.4, -0.2) is 26.1 Å². The fraction of sp³-hybridized carbons (Fsp3) is 0.500. The third-order valence-corrected chi connectivity index (χ3v) is 2.87. The molecule has 1 aliphatic carbocycles. The van der Waals surface area contributed by atoms with Crippen molar-refractivity contribution in [2.45, 2.75) is 19.4 Å². The van der Waals surface area contributed by atoms with Crippen LogP contribution in [0.3, 0.4) is 0 Å². The lowest BCUT2D eigenvalue weighted by Gasteiger charge is -2.08. The van der Waals surface area contributed by atoms with Gasteiger partial charge >= 0.3 is 0 Å². The normalized spacial score (nSPS) is 13.7. The predicted molar refractivity (Wildman–Crippen MR) is 78.6 cm³/mol. The largest absolute Gasteiger partial charge is 0.376 e. The van der Waals surface area contributed by atoms with E-state index in [0.717, 1.165) is 23.8 Å². The molecule has 0 saturated heterocycles. The van der Waals surface area contributed by atoms with E-state index in [2.05, 4.69) is 10.6 Å². The lowest BCUT2D eigenvalue weighted by atomic mass is 10.2. The summed E-state index contributed by atoms with van der Waals surface area (Å²) in [4.78, 5) is 11.4. The molecule has 5 heteroatoms. The summed E-state index contributed by atoms with van der Waals surface area (Å²) < 4.78 is 5.63. The second kappa shape index (κ2) is 8.15. The second-order valence-electron chi connectivity index (χ2n) is 4.74. The Morgan fingerprint density at radius 2 is 2.21 bits per heavy atom. The molecule has 1 aromatic rings. The summed E-state index contributed by atoms with van der Waals surface area (Å²) in [7, 11) is 1.75. The second-order valence-corrected chi connectivity index (χ2v) is 4.74. The number of anilines is 1. The zero-order valence-corrected chi connectivity index (χ0v) is 12.0. The van der Waals surface area contributed by atoms with Gasteiger partial charge in [0.05, 0.1) is 13.2 Å². The van der Waals surface area contributed by atoms with Gasteiger partial charge in [0.1, 0.15) is 0 Å². The highest BCUT2D eigenvalue weighted by Gasteiger charge is 2.20. The van der Waals surface area contributed by atoms with Gasteiger partial charge in [-0.2, -0.15) is 0 Å². The maximum Gasteiger partial charge on any atom is 0.238 e. The molecule has 0 spiro atoms. The Bertz CT molecular complexity index is 408. The average molecular weight is 285 g/mol. The summed E-state index contributed by atoms with van der Waals surface area (Å²) in [5, 5.41) is 5.66. The van der Waals surface area contributed by atoms with Crippen LogP contribution < -0.4 is 10.6 Å². The van der Waals surface area contributed by atoms with E-state index in [-0.39, 0.29) is 18.3 Å². The third kappa shape index (κ3) is 6.05. The minimum Gasteiger partial charge on any atom is -0.376 e. The van der Waals surface area contributed by atoms with Gasteiger partial charge in [0.2, 0.25) is 5.91 Å². The van der Waals surface area contributed by atoms with Crippen molar-refractivity contribution < 1.29 is 9.53 Å². The molecular formula is C14H21ClN2O2. The molecule has 1 fully saturated rings. The molecule has 0 aliphatic heterocycles. The van der Waals surface area contributed by atoms with E-state index in [9.17, 15) is 4.79 Å². The quantitative estimate of drug-likeness (QED) is 0.807. The van der Waals surface area contributed by atoms with Crippen molar-refractivity contribution in [3.05, 3.63) is 29.8 Å². The summed E-state index contributed by atoms with van der Waals surface area (Å²) in [6.45, 7) is 1.80. The molecule has 19 heavy (non-hydrogen) atoms. The van der Waals surface area contributed by atoms with Gasteiger partial charge in [-0.05, 0) is 43.5 Å². The number of rotatable bonds is 7. The Hall–Kier alpha value is -1.10. The van der Waals surface area contributed by atoms with E-state index in [1.54, 1.807) is 7.05 Å². The average Bonchev–Trinajstić information content (AvgIpc) is 3.14. The molecule has 0 heterocycles. The van der Waals surface area contributed by atoms with Crippen LogP contribution in [0.25, 0.3) is 0 Å². The lowest BCUT2D eigenvalue weighted by molar-refractivity contribution is -0.115. The van der Waals surface area contributed by atoms with Crippen LogP contribution in [0, 0.1) is 5.92 Å². The summed E-state index contributed by atoms with van der Waals surface area (Å²) in [6.07, 6.45) is 2.61. The molecule has 4 nitrogen and oxygen atoms in total. The summed E-state index contributed by atoms with van der Waals surface area (Å²) >= 11 is 0. The van der Waals surface area contributed by atoms with Crippen LogP contribution in [0.4, 0.5) is 5.69 Å². The van der Waals surface area contributed by atoms with Crippen molar-refractivity contribution in [3.8, 4) is 0 Å². The Labute approximate surface area is 120 Å². The number of carbonyl (C=O) groups is 1. The molecule has 1 saturated carbocycles. The van der Waals surface area contributed by atoms with E-state index < -0.39 is 0 Å². The predicted octanol–water partition coefficient (Wildman–Crippen LogP) is 2.19. The van der Waals surface area contributed by atoms with Crippen LogP contribution >= 0.6 is 12.4 Å². The van der Waals surface area contributed by atoms with E-state index in [1.807, 2.05) is 24.3 Å². The highest BCUT2D eigenvalue weighted by atomic mass is 35.5. The number of carbonyl (C=O) groups excluding carboxylic acids is 1. The first-order valence-corrected chi connectivity index (χ1v) is 6.39. The molecular weight excluding hydrogens is 264 g/mol. The highest BCUT2D eigenvalue weighted by Crippen LogP contribution is 2.29. The SMILES string of the molecule is CNCC(=O)Nc1cccc(COCC2CC2)c1.Cl. The monoisotopic (exact) mass is 284 g/mol. The fourth-order valence-corrected chi connectivity index (χ4v) is 1.73. The Kier molecular flexibility index (Phi) is 6.84. The van der Waals surface area contributed by atoms with Gasteiger partial charge in [0.15, 0.2) is 0 Å². The number of halogens is 1. The number of nitrogens with one attached hydrogen (secondary N) is 2. The highest BCUT2D eigenvalue weighted by molar-refractivity contribution is 5.92. The van der Waals surface area contributed by atoms with Gasteiger partial charge in [-0.3, -0.25) is 4.79 Å². The van der Waals surface area contributed by atoms with Gasteiger partial charge in [-0.25, -0.2) is 0 Å². The van der Waals surface area contributed by atoms with Crippen molar-refractivity contribution in [1.82, 2.24) is 5.32 Å². The minimum atomic E-state index is -0.0338. The molecule has 1 aromatic carbocycles. The van der Waals surface area contributed by atoms with Crippen molar-refractivity contribution in [3.63, 3.8) is 0 Å². The van der Waals surface area contributed by atoms with Crippen molar-refractivity contribution in [2.24, 2.45) is 5.92 Å². The fourth-order valence-electron chi connectivity index (χ4n) is 1.73. The van der Waals surface area contributed by atoms with Crippen LogP contribution in [0.2, 0.25) is 0 Å². The number of likely N-dealkylation sites (N-methyl/N-ethyl adjacent to an activating group) is 1. The first kappa shape index (κ1) is 16.0. The number of amides is 1.